The minimum absolute atomic E-state index is 0.0236. The Labute approximate surface area is 125 Å². The Balaban J connectivity index is 2.09. The van der Waals surface area contributed by atoms with Crippen LogP contribution in [0.2, 0.25) is 0 Å². The number of ether oxygens (including phenoxy) is 2. The molecule has 0 unspecified atom stereocenters. The molecule has 1 aromatic carbocycles. The van der Waals surface area contributed by atoms with Gasteiger partial charge in [-0.2, -0.15) is 13.2 Å². The van der Waals surface area contributed by atoms with Crippen LogP contribution in [0.25, 0.3) is 0 Å². The molecule has 7 heteroatoms. The smallest absolute Gasteiger partial charge is 0.387 e. The highest BCUT2D eigenvalue weighted by atomic mass is 19.3. The van der Waals surface area contributed by atoms with E-state index in [0.29, 0.717) is 19.0 Å². The highest BCUT2D eigenvalue weighted by Gasteiger charge is 2.11. The van der Waals surface area contributed by atoms with Crippen molar-refractivity contribution in [3.05, 3.63) is 47.9 Å². The van der Waals surface area contributed by atoms with Gasteiger partial charge in [0.2, 0.25) is 5.95 Å². The second-order valence-electron chi connectivity index (χ2n) is 4.29. The zero-order valence-electron chi connectivity index (χ0n) is 11.9. The van der Waals surface area contributed by atoms with Gasteiger partial charge in [0, 0.05) is 6.54 Å². The van der Waals surface area contributed by atoms with E-state index in [4.69, 9.17) is 4.74 Å². The summed E-state index contributed by atoms with van der Waals surface area (Å²) in [4.78, 5) is 3.67. The van der Waals surface area contributed by atoms with Gasteiger partial charge in [0.1, 0.15) is 5.82 Å². The Morgan fingerprint density at radius 3 is 2.68 bits per heavy atom. The molecule has 0 radical (unpaired) electrons. The molecule has 0 bridgehead atoms. The number of hydrogen-bond acceptors (Lipinski definition) is 4. The molecule has 1 heterocycles. The number of hydrogen-bond donors (Lipinski definition) is 1. The van der Waals surface area contributed by atoms with Crippen LogP contribution >= 0.6 is 0 Å². The summed E-state index contributed by atoms with van der Waals surface area (Å²) in [7, 11) is 0. The van der Waals surface area contributed by atoms with Crippen molar-refractivity contribution in [2.24, 2.45) is 0 Å². The Morgan fingerprint density at radius 1 is 1.18 bits per heavy atom. The molecule has 2 rings (SSSR count). The topological polar surface area (TPSA) is 43.4 Å². The lowest BCUT2D eigenvalue weighted by molar-refractivity contribution is -0.0514. The Hall–Kier alpha value is -2.44. The molecule has 1 aromatic heterocycles. The molecule has 22 heavy (non-hydrogen) atoms. The first-order valence-electron chi connectivity index (χ1n) is 6.65. The molecule has 1 N–H and O–H groups in total. The fourth-order valence-electron chi connectivity index (χ4n) is 1.82. The number of halogens is 3. The number of benzene rings is 1. The largest absolute Gasteiger partial charge is 0.490 e. The average Bonchev–Trinajstić information content (AvgIpc) is 2.47. The summed E-state index contributed by atoms with van der Waals surface area (Å²) < 4.78 is 47.3. The third-order valence-corrected chi connectivity index (χ3v) is 2.71. The van der Waals surface area contributed by atoms with E-state index in [0.717, 1.165) is 5.56 Å². The van der Waals surface area contributed by atoms with Crippen LogP contribution in [0.4, 0.5) is 19.0 Å². The maximum Gasteiger partial charge on any atom is 0.387 e. The molecule has 0 amide bonds. The van der Waals surface area contributed by atoms with Crippen molar-refractivity contribution >= 4 is 5.82 Å². The van der Waals surface area contributed by atoms with Crippen LogP contribution in [0.1, 0.15) is 12.5 Å². The van der Waals surface area contributed by atoms with Crippen molar-refractivity contribution in [2.75, 3.05) is 11.9 Å². The predicted octanol–water partition coefficient (Wildman–Crippen LogP) is 3.83. The van der Waals surface area contributed by atoms with E-state index in [2.05, 4.69) is 15.0 Å². The Morgan fingerprint density at radius 2 is 2.00 bits per heavy atom. The standard InChI is InChI=1S/C15H15F3N2O2/c1-2-21-12-8-10(6-7-11(12)22-15(17)18)9-19-14-5-3-4-13(16)20-14/h3-8,15H,2,9H2,1H3,(H,19,20). The van der Waals surface area contributed by atoms with Gasteiger partial charge in [0.25, 0.3) is 0 Å². The molecule has 0 atom stereocenters. The normalized spacial score (nSPS) is 10.6. The van der Waals surface area contributed by atoms with E-state index < -0.39 is 12.6 Å². The van der Waals surface area contributed by atoms with Crippen LogP contribution in [0, 0.1) is 5.95 Å². The summed E-state index contributed by atoms with van der Waals surface area (Å²) in [5.41, 5.74) is 0.760. The van der Waals surface area contributed by atoms with E-state index in [-0.39, 0.29) is 11.5 Å². The molecule has 0 spiro atoms. The highest BCUT2D eigenvalue weighted by molar-refractivity contribution is 5.44. The number of pyridine rings is 1. The molecule has 0 aliphatic carbocycles. The SMILES string of the molecule is CCOc1cc(CNc2cccc(F)n2)ccc1OC(F)F. The molecule has 0 aliphatic rings. The molecule has 2 aromatic rings. The Bertz CT molecular complexity index is 623. The van der Waals surface area contributed by atoms with E-state index in [1.807, 2.05) is 0 Å². The third-order valence-electron chi connectivity index (χ3n) is 2.71. The third kappa shape index (κ3) is 4.54. The minimum atomic E-state index is -2.92. The van der Waals surface area contributed by atoms with Gasteiger partial charge in [0.05, 0.1) is 6.61 Å². The maximum absolute atomic E-state index is 13.0. The van der Waals surface area contributed by atoms with Crippen molar-refractivity contribution in [1.29, 1.82) is 0 Å². The maximum atomic E-state index is 13.0. The van der Waals surface area contributed by atoms with Crippen molar-refractivity contribution in [3.8, 4) is 11.5 Å². The van der Waals surface area contributed by atoms with Crippen molar-refractivity contribution in [3.63, 3.8) is 0 Å². The first-order valence-corrected chi connectivity index (χ1v) is 6.65. The molecular weight excluding hydrogens is 297 g/mol. The van der Waals surface area contributed by atoms with Gasteiger partial charge in [-0.05, 0) is 36.8 Å². The molecule has 0 saturated heterocycles. The lowest BCUT2D eigenvalue weighted by Gasteiger charge is -2.13. The van der Waals surface area contributed by atoms with Gasteiger partial charge in [-0.3, -0.25) is 0 Å². The lowest BCUT2D eigenvalue weighted by Crippen LogP contribution is -2.06. The first kappa shape index (κ1) is 15.9. The number of alkyl halides is 2. The fraction of sp³-hybridized carbons (Fsp3) is 0.267. The van der Waals surface area contributed by atoms with Gasteiger partial charge in [-0.1, -0.05) is 12.1 Å². The van der Waals surface area contributed by atoms with Gasteiger partial charge >= 0.3 is 6.61 Å². The van der Waals surface area contributed by atoms with Crippen molar-refractivity contribution < 1.29 is 22.6 Å². The van der Waals surface area contributed by atoms with Crippen LogP contribution in [0.5, 0.6) is 11.5 Å². The van der Waals surface area contributed by atoms with Crippen molar-refractivity contribution in [2.45, 2.75) is 20.1 Å². The average molecular weight is 312 g/mol. The molecule has 0 aliphatic heterocycles. The quantitative estimate of drug-likeness (QED) is 0.789. The van der Waals surface area contributed by atoms with E-state index in [1.165, 1.54) is 18.2 Å². The van der Waals surface area contributed by atoms with E-state index >= 15 is 0 Å². The molecule has 0 fully saturated rings. The molecule has 0 saturated carbocycles. The monoisotopic (exact) mass is 312 g/mol. The molecular formula is C15H15F3N2O2. The van der Waals surface area contributed by atoms with Crippen molar-refractivity contribution in [1.82, 2.24) is 4.98 Å². The van der Waals surface area contributed by atoms with Crippen LogP contribution in [0.15, 0.2) is 36.4 Å². The number of anilines is 1. The zero-order chi connectivity index (χ0) is 15.9. The van der Waals surface area contributed by atoms with Gasteiger partial charge in [-0.25, -0.2) is 4.98 Å². The van der Waals surface area contributed by atoms with Gasteiger partial charge < -0.3 is 14.8 Å². The summed E-state index contributed by atoms with van der Waals surface area (Å²) in [5, 5.41) is 2.94. The predicted molar refractivity (Wildman–Crippen MR) is 75.8 cm³/mol. The molecule has 4 nitrogen and oxygen atoms in total. The van der Waals surface area contributed by atoms with Crippen LogP contribution in [-0.4, -0.2) is 18.2 Å². The second-order valence-corrected chi connectivity index (χ2v) is 4.29. The van der Waals surface area contributed by atoms with Crippen LogP contribution in [-0.2, 0) is 6.54 Å². The first-order chi connectivity index (χ1) is 10.6. The number of rotatable bonds is 7. The summed E-state index contributed by atoms with van der Waals surface area (Å²) in [6, 6.07) is 9.03. The summed E-state index contributed by atoms with van der Waals surface area (Å²) in [6.45, 7) is -0.513. The number of nitrogens with zero attached hydrogens (tertiary/aromatic N) is 1. The zero-order valence-corrected chi connectivity index (χ0v) is 11.9. The lowest BCUT2D eigenvalue weighted by atomic mass is 10.2. The van der Waals surface area contributed by atoms with Gasteiger partial charge in [-0.15, -0.1) is 0 Å². The minimum Gasteiger partial charge on any atom is -0.490 e. The second kappa shape index (κ2) is 7.53. The molecule has 118 valence electrons. The van der Waals surface area contributed by atoms with Gasteiger partial charge in [0.15, 0.2) is 11.5 Å². The highest BCUT2D eigenvalue weighted by Crippen LogP contribution is 2.30. The Kier molecular flexibility index (Phi) is 5.46. The summed E-state index contributed by atoms with van der Waals surface area (Å²) in [5.74, 6) is 0.00494. The number of aromatic nitrogens is 1. The van der Waals surface area contributed by atoms with Crippen LogP contribution in [0.3, 0.4) is 0 Å². The fourth-order valence-corrected chi connectivity index (χ4v) is 1.82. The van der Waals surface area contributed by atoms with E-state index in [1.54, 1.807) is 25.1 Å². The summed E-state index contributed by atoms with van der Waals surface area (Å²) >= 11 is 0. The number of nitrogens with one attached hydrogen (secondary N) is 1. The van der Waals surface area contributed by atoms with E-state index in [9.17, 15) is 13.2 Å². The van der Waals surface area contributed by atoms with Crippen LogP contribution < -0.4 is 14.8 Å². The summed E-state index contributed by atoms with van der Waals surface area (Å²) in [6.07, 6.45) is 0.